The zero-order chi connectivity index (χ0) is 8.43. The Hall–Kier alpha value is -0.270. The Morgan fingerprint density at radius 3 is 2.82 bits per heavy atom. The van der Waals surface area contributed by atoms with Crippen LogP contribution < -0.4 is 0 Å². The molecule has 2 unspecified atom stereocenters. The van der Waals surface area contributed by atoms with Crippen LogP contribution in [0.3, 0.4) is 0 Å². The Morgan fingerprint density at radius 1 is 1.73 bits per heavy atom. The van der Waals surface area contributed by atoms with Gasteiger partial charge < -0.3 is 0 Å². The molecule has 3 nitrogen and oxygen atoms in total. The molecule has 1 aliphatic heterocycles. The van der Waals surface area contributed by atoms with E-state index in [0.29, 0.717) is 13.0 Å². The van der Waals surface area contributed by atoms with E-state index in [9.17, 15) is 9.59 Å². The van der Waals surface area contributed by atoms with Crippen molar-refractivity contribution in [1.82, 2.24) is 4.67 Å². The Morgan fingerprint density at radius 2 is 2.36 bits per heavy atom. The first-order chi connectivity index (χ1) is 5.11. The summed E-state index contributed by atoms with van der Waals surface area (Å²) in [5.74, 6) is -0.292. The fraction of sp³-hybridized carbons (Fsp3) is 0.714. The van der Waals surface area contributed by atoms with Gasteiger partial charge in [-0.1, -0.05) is 9.39 Å². The molecule has 0 bridgehead atoms. The van der Waals surface area contributed by atoms with Gasteiger partial charge in [0.25, 0.3) is 0 Å². The van der Waals surface area contributed by atoms with Crippen molar-refractivity contribution in [2.24, 2.45) is 5.92 Å². The average molecular weight is 173 g/mol. The molecule has 2 atom stereocenters. The van der Waals surface area contributed by atoms with Gasteiger partial charge in [-0.25, -0.2) is 0 Å². The minimum absolute atomic E-state index is 0.0119. The second-order valence-corrected chi connectivity index (χ2v) is 3.60. The summed E-state index contributed by atoms with van der Waals surface area (Å²) < 4.78 is 1.94. The lowest BCUT2D eigenvalue weighted by molar-refractivity contribution is -0.133. The summed E-state index contributed by atoms with van der Waals surface area (Å²) in [7, 11) is 2.52. The molecule has 0 aliphatic carbocycles. The Kier molecular flexibility index (Phi) is 2.74. The Labute approximate surface area is 68.4 Å². The second-order valence-electron chi connectivity index (χ2n) is 2.87. The summed E-state index contributed by atoms with van der Waals surface area (Å²) >= 11 is 0. The number of rotatable bonds is 1. The molecule has 1 aliphatic rings. The standard InChI is InChI=1S/C7H12NO2P/c1-5(9)6-4-8(11)3-2-7(6)10/h6H,2-4,11H2,1H3. The molecule has 0 amide bonds. The molecule has 1 saturated heterocycles. The minimum Gasteiger partial charge on any atom is -0.299 e. The predicted octanol–water partition coefficient (Wildman–Crippen LogP) is 0.257. The van der Waals surface area contributed by atoms with Crippen LogP contribution in [0.2, 0.25) is 0 Å². The number of ketones is 2. The van der Waals surface area contributed by atoms with E-state index in [-0.39, 0.29) is 17.5 Å². The Bertz CT molecular complexity index is 193. The van der Waals surface area contributed by atoms with E-state index in [1.807, 2.05) is 4.67 Å². The quantitative estimate of drug-likeness (QED) is 0.421. The van der Waals surface area contributed by atoms with E-state index >= 15 is 0 Å². The molecular formula is C7H12NO2P. The highest BCUT2D eigenvalue weighted by Gasteiger charge is 2.28. The number of carbonyl (C=O) groups is 2. The maximum Gasteiger partial charge on any atom is 0.145 e. The molecule has 0 aromatic carbocycles. The third kappa shape index (κ3) is 2.08. The van der Waals surface area contributed by atoms with Crippen molar-refractivity contribution in [1.29, 1.82) is 0 Å². The monoisotopic (exact) mass is 173 g/mol. The molecular weight excluding hydrogens is 161 g/mol. The van der Waals surface area contributed by atoms with E-state index < -0.39 is 0 Å². The third-order valence-electron chi connectivity index (χ3n) is 1.94. The molecule has 0 N–H and O–H groups in total. The van der Waals surface area contributed by atoms with Gasteiger partial charge in [0, 0.05) is 19.5 Å². The first kappa shape index (κ1) is 8.82. The largest absolute Gasteiger partial charge is 0.299 e. The Balaban J connectivity index is 2.61. The van der Waals surface area contributed by atoms with Crippen LogP contribution in [0.4, 0.5) is 0 Å². The summed E-state index contributed by atoms with van der Waals surface area (Å²) in [6.07, 6.45) is 0.508. The van der Waals surface area contributed by atoms with Crippen LogP contribution >= 0.6 is 9.39 Å². The topological polar surface area (TPSA) is 37.4 Å². The SMILES string of the molecule is CC(=O)C1CN(P)CCC1=O. The van der Waals surface area contributed by atoms with Gasteiger partial charge in [-0.2, -0.15) is 0 Å². The summed E-state index contributed by atoms with van der Waals surface area (Å²) in [6, 6.07) is 0. The maximum absolute atomic E-state index is 11.1. The van der Waals surface area contributed by atoms with Crippen LogP contribution in [-0.4, -0.2) is 29.3 Å². The van der Waals surface area contributed by atoms with Gasteiger partial charge in [-0.15, -0.1) is 0 Å². The van der Waals surface area contributed by atoms with Crippen LogP contribution in [-0.2, 0) is 9.59 Å². The highest BCUT2D eigenvalue weighted by atomic mass is 31.0. The van der Waals surface area contributed by atoms with Crippen LogP contribution in [0.15, 0.2) is 0 Å². The van der Waals surface area contributed by atoms with Crippen molar-refractivity contribution < 1.29 is 9.59 Å². The average Bonchev–Trinajstić information content (AvgIpc) is 1.94. The molecule has 0 aromatic rings. The van der Waals surface area contributed by atoms with E-state index in [2.05, 4.69) is 9.39 Å². The number of carbonyl (C=O) groups excluding carboxylic acids is 2. The smallest absolute Gasteiger partial charge is 0.145 e. The molecule has 62 valence electrons. The highest BCUT2D eigenvalue weighted by Crippen LogP contribution is 2.16. The van der Waals surface area contributed by atoms with Crippen molar-refractivity contribution in [2.45, 2.75) is 13.3 Å². The van der Waals surface area contributed by atoms with Crippen LogP contribution in [0.25, 0.3) is 0 Å². The van der Waals surface area contributed by atoms with Gasteiger partial charge in [0.1, 0.15) is 11.6 Å². The summed E-state index contributed by atoms with van der Waals surface area (Å²) in [5, 5.41) is 0. The molecule has 0 radical (unpaired) electrons. The van der Waals surface area contributed by atoms with Crippen molar-refractivity contribution >= 4 is 21.0 Å². The first-order valence-corrected chi connectivity index (χ1v) is 4.15. The molecule has 0 spiro atoms. The van der Waals surface area contributed by atoms with E-state index in [0.717, 1.165) is 6.54 Å². The van der Waals surface area contributed by atoms with E-state index in [1.54, 1.807) is 0 Å². The lowest BCUT2D eigenvalue weighted by atomic mass is 9.95. The van der Waals surface area contributed by atoms with Crippen LogP contribution in [0.1, 0.15) is 13.3 Å². The van der Waals surface area contributed by atoms with Crippen LogP contribution in [0, 0.1) is 5.92 Å². The zero-order valence-electron chi connectivity index (χ0n) is 6.54. The molecule has 0 aromatic heterocycles. The number of nitrogens with zero attached hydrogens (tertiary/aromatic N) is 1. The fourth-order valence-corrected chi connectivity index (χ4v) is 1.55. The van der Waals surface area contributed by atoms with Gasteiger partial charge in [0.15, 0.2) is 0 Å². The van der Waals surface area contributed by atoms with Crippen molar-refractivity contribution in [3.63, 3.8) is 0 Å². The van der Waals surface area contributed by atoms with E-state index in [1.165, 1.54) is 6.92 Å². The normalized spacial score (nSPS) is 27.1. The van der Waals surface area contributed by atoms with Crippen molar-refractivity contribution in [3.05, 3.63) is 0 Å². The number of hydrogen-bond acceptors (Lipinski definition) is 3. The van der Waals surface area contributed by atoms with E-state index in [4.69, 9.17) is 0 Å². The summed E-state index contributed by atoms with van der Waals surface area (Å²) in [4.78, 5) is 22.0. The molecule has 1 heterocycles. The molecule has 11 heavy (non-hydrogen) atoms. The lowest BCUT2D eigenvalue weighted by Crippen LogP contribution is -2.38. The molecule has 0 saturated carbocycles. The molecule has 4 heteroatoms. The second kappa shape index (κ2) is 3.42. The fourth-order valence-electron chi connectivity index (χ4n) is 1.21. The minimum atomic E-state index is -0.374. The van der Waals surface area contributed by atoms with Crippen molar-refractivity contribution in [2.75, 3.05) is 13.1 Å². The van der Waals surface area contributed by atoms with Gasteiger partial charge in [0.2, 0.25) is 0 Å². The summed E-state index contributed by atoms with van der Waals surface area (Å²) in [5.41, 5.74) is 0. The van der Waals surface area contributed by atoms with Gasteiger partial charge >= 0.3 is 0 Å². The molecule has 1 fully saturated rings. The number of Topliss-reactive ketones (excluding diaryl/α,β-unsaturated/α-hetero) is 2. The maximum atomic E-state index is 11.1. The van der Waals surface area contributed by atoms with Gasteiger partial charge in [-0.3, -0.25) is 14.3 Å². The highest BCUT2D eigenvalue weighted by molar-refractivity contribution is 7.13. The predicted molar refractivity (Wildman–Crippen MR) is 45.1 cm³/mol. The first-order valence-electron chi connectivity index (χ1n) is 3.64. The zero-order valence-corrected chi connectivity index (χ0v) is 7.69. The van der Waals surface area contributed by atoms with Crippen molar-refractivity contribution in [3.8, 4) is 0 Å². The van der Waals surface area contributed by atoms with Gasteiger partial charge in [-0.05, 0) is 6.92 Å². The van der Waals surface area contributed by atoms with Gasteiger partial charge in [0.05, 0.1) is 5.92 Å². The third-order valence-corrected chi connectivity index (χ3v) is 2.41. The van der Waals surface area contributed by atoms with Crippen LogP contribution in [0.5, 0.6) is 0 Å². The summed E-state index contributed by atoms with van der Waals surface area (Å²) in [6.45, 7) is 2.80. The molecule has 1 rings (SSSR count). The number of hydrogen-bond donors (Lipinski definition) is 0. The number of piperidine rings is 1. The lowest BCUT2D eigenvalue weighted by Gasteiger charge is -2.26.